The molecule has 0 aromatic carbocycles. The summed E-state index contributed by atoms with van der Waals surface area (Å²) in [5.41, 5.74) is 7.05. The Labute approximate surface area is 113 Å². The van der Waals surface area contributed by atoms with Crippen molar-refractivity contribution in [3.63, 3.8) is 0 Å². The molecule has 0 radical (unpaired) electrons. The Hall–Kier alpha value is -1.46. The lowest BCUT2D eigenvalue weighted by molar-refractivity contribution is 0.0571. The van der Waals surface area contributed by atoms with Crippen LogP contribution in [-0.4, -0.2) is 52.9 Å². The molecule has 5 nitrogen and oxygen atoms in total. The Morgan fingerprint density at radius 1 is 1.42 bits per heavy atom. The molecule has 3 heterocycles. The van der Waals surface area contributed by atoms with Gasteiger partial charge in [-0.3, -0.25) is 14.7 Å². The molecule has 2 saturated heterocycles. The fourth-order valence-electron chi connectivity index (χ4n) is 3.08. The largest absolute Gasteiger partial charge is 0.336 e. The number of pyridine rings is 1. The van der Waals surface area contributed by atoms with Gasteiger partial charge >= 0.3 is 0 Å². The van der Waals surface area contributed by atoms with Gasteiger partial charge in [-0.05, 0) is 31.5 Å². The number of rotatable bonds is 2. The molecule has 1 atom stereocenters. The minimum atomic E-state index is 0.114. The van der Waals surface area contributed by atoms with Gasteiger partial charge in [-0.2, -0.15) is 0 Å². The van der Waals surface area contributed by atoms with Gasteiger partial charge in [-0.1, -0.05) is 0 Å². The maximum absolute atomic E-state index is 12.5. The van der Waals surface area contributed by atoms with Crippen molar-refractivity contribution in [2.24, 2.45) is 5.73 Å². The van der Waals surface area contributed by atoms with Crippen LogP contribution < -0.4 is 5.73 Å². The van der Waals surface area contributed by atoms with E-state index in [4.69, 9.17) is 5.73 Å². The number of nitrogens with two attached hydrogens (primary N) is 1. The number of hydrogen-bond donors (Lipinski definition) is 1. The third-order valence-corrected chi connectivity index (χ3v) is 4.15. The molecule has 2 aliphatic rings. The van der Waals surface area contributed by atoms with Crippen LogP contribution in [0.15, 0.2) is 18.3 Å². The molecule has 1 aromatic rings. The monoisotopic (exact) mass is 260 g/mol. The second kappa shape index (κ2) is 5.27. The van der Waals surface area contributed by atoms with Crippen LogP contribution in [0.2, 0.25) is 0 Å². The molecule has 1 amide bonds. The summed E-state index contributed by atoms with van der Waals surface area (Å²) in [6.07, 6.45) is 4.15. The zero-order valence-corrected chi connectivity index (χ0v) is 11.1. The summed E-state index contributed by atoms with van der Waals surface area (Å²) in [7, 11) is 0. The highest BCUT2D eigenvalue weighted by atomic mass is 16.2. The summed E-state index contributed by atoms with van der Waals surface area (Å²) in [6, 6.07) is 4.15. The molecule has 1 unspecified atom stereocenters. The summed E-state index contributed by atoms with van der Waals surface area (Å²) in [4.78, 5) is 21.1. The number of fused-ring (bicyclic) bond motifs is 1. The van der Waals surface area contributed by atoms with Gasteiger partial charge in [0.25, 0.3) is 5.91 Å². The molecule has 0 spiro atoms. The SMILES string of the molecule is NCc1cc(C(=O)N2CCN3CCCC3C2)ccn1. The summed E-state index contributed by atoms with van der Waals surface area (Å²) >= 11 is 0. The second-order valence-electron chi connectivity index (χ2n) is 5.32. The second-order valence-corrected chi connectivity index (χ2v) is 5.32. The predicted molar refractivity (Wildman–Crippen MR) is 72.6 cm³/mol. The number of carbonyl (C=O) groups is 1. The van der Waals surface area contributed by atoms with Crippen molar-refractivity contribution in [2.45, 2.75) is 25.4 Å². The Kier molecular flexibility index (Phi) is 3.48. The third-order valence-electron chi connectivity index (χ3n) is 4.15. The van der Waals surface area contributed by atoms with E-state index < -0.39 is 0 Å². The van der Waals surface area contributed by atoms with Crippen LogP contribution in [0, 0.1) is 0 Å². The average Bonchev–Trinajstić information content (AvgIpc) is 2.94. The molecule has 2 fully saturated rings. The van der Waals surface area contributed by atoms with Gasteiger partial charge in [0, 0.05) is 44.0 Å². The van der Waals surface area contributed by atoms with Crippen molar-refractivity contribution < 1.29 is 4.79 Å². The zero-order chi connectivity index (χ0) is 13.2. The van der Waals surface area contributed by atoms with Crippen molar-refractivity contribution in [2.75, 3.05) is 26.2 Å². The van der Waals surface area contributed by atoms with Gasteiger partial charge in [0.1, 0.15) is 0 Å². The van der Waals surface area contributed by atoms with Crippen LogP contribution in [0.4, 0.5) is 0 Å². The molecule has 2 N–H and O–H groups in total. The molecule has 0 bridgehead atoms. The Morgan fingerprint density at radius 3 is 3.16 bits per heavy atom. The van der Waals surface area contributed by atoms with E-state index in [2.05, 4.69) is 9.88 Å². The summed E-state index contributed by atoms with van der Waals surface area (Å²) in [5, 5.41) is 0. The summed E-state index contributed by atoms with van der Waals surface area (Å²) in [5.74, 6) is 0.114. The summed E-state index contributed by atoms with van der Waals surface area (Å²) in [6.45, 7) is 4.26. The van der Waals surface area contributed by atoms with E-state index in [1.54, 1.807) is 12.3 Å². The van der Waals surface area contributed by atoms with Gasteiger partial charge in [-0.25, -0.2) is 0 Å². The molecule has 5 heteroatoms. The zero-order valence-electron chi connectivity index (χ0n) is 11.1. The van der Waals surface area contributed by atoms with Gasteiger partial charge in [0.05, 0.1) is 5.69 Å². The minimum absolute atomic E-state index is 0.114. The highest BCUT2D eigenvalue weighted by molar-refractivity contribution is 5.94. The molecule has 1 aromatic heterocycles. The van der Waals surface area contributed by atoms with E-state index in [1.807, 2.05) is 11.0 Å². The maximum Gasteiger partial charge on any atom is 0.254 e. The maximum atomic E-state index is 12.5. The van der Waals surface area contributed by atoms with E-state index in [1.165, 1.54) is 19.4 Å². The number of nitrogens with zero attached hydrogens (tertiary/aromatic N) is 3. The van der Waals surface area contributed by atoms with E-state index in [0.717, 1.165) is 25.3 Å². The lowest BCUT2D eigenvalue weighted by atomic mass is 10.1. The van der Waals surface area contributed by atoms with E-state index in [0.29, 0.717) is 18.2 Å². The highest BCUT2D eigenvalue weighted by Crippen LogP contribution is 2.22. The number of aromatic nitrogens is 1. The minimum Gasteiger partial charge on any atom is -0.336 e. The smallest absolute Gasteiger partial charge is 0.254 e. The molecule has 2 aliphatic heterocycles. The Morgan fingerprint density at radius 2 is 2.32 bits per heavy atom. The van der Waals surface area contributed by atoms with Crippen molar-refractivity contribution in [1.82, 2.24) is 14.8 Å². The molecule has 3 rings (SSSR count). The molecule has 19 heavy (non-hydrogen) atoms. The number of amides is 1. The fraction of sp³-hybridized carbons (Fsp3) is 0.571. The molecular formula is C14H20N4O. The first-order chi connectivity index (χ1) is 9.28. The van der Waals surface area contributed by atoms with Crippen molar-refractivity contribution in [3.05, 3.63) is 29.6 Å². The summed E-state index contributed by atoms with van der Waals surface area (Å²) < 4.78 is 0. The predicted octanol–water partition coefficient (Wildman–Crippen LogP) is 0.461. The van der Waals surface area contributed by atoms with Gasteiger partial charge in [0.2, 0.25) is 0 Å². The van der Waals surface area contributed by atoms with Crippen LogP contribution in [0.1, 0.15) is 28.9 Å². The van der Waals surface area contributed by atoms with Gasteiger partial charge in [0.15, 0.2) is 0 Å². The lowest BCUT2D eigenvalue weighted by Crippen LogP contribution is -2.52. The first-order valence-corrected chi connectivity index (χ1v) is 6.96. The van der Waals surface area contributed by atoms with E-state index >= 15 is 0 Å². The number of piperazine rings is 1. The molecular weight excluding hydrogens is 240 g/mol. The average molecular weight is 260 g/mol. The van der Waals surface area contributed by atoms with Crippen LogP contribution in [0.3, 0.4) is 0 Å². The fourth-order valence-corrected chi connectivity index (χ4v) is 3.08. The van der Waals surface area contributed by atoms with Crippen molar-refractivity contribution in [3.8, 4) is 0 Å². The highest BCUT2D eigenvalue weighted by Gasteiger charge is 2.32. The first-order valence-electron chi connectivity index (χ1n) is 6.96. The van der Waals surface area contributed by atoms with Crippen LogP contribution in [0.25, 0.3) is 0 Å². The quantitative estimate of drug-likeness (QED) is 0.839. The number of hydrogen-bond acceptors (Lipinski definition) is 4. The lowest BCUT2D eigenvalue weighted by Gasteiger charge is -2.37. The van der Waals surface area contributed by atoms with Crippen LogP contribution in [-0.2, 0) is 6.54 Å². The molecule has 102 valence electrons. The van der Waals surface area contributed by atoms with Crippen LogP contribution in [0.5, 0.6) is 0 Å². The van der Waals surface area contributed by atoms with Crippen LogP contribution >= 0.6 is 0 Å². The first kappa shape index (κ1) is 12.6. The Bertz CT molecular complexity index is 476. The van der Waals surface area contributed by atoms with Gasteiger partial charge < -0.3 is 10.6 Å². The number of carbonyl (C=O) groups excluding carboxylic acids is 1. The van der Waals surface area contributed by atoms with Gasteiger partial charge in [-0.15, -0.1) is 0 Å². The van der Waals surface area contributed by atoms with E-state index in [9.17, 15) is 4.79 Å². The standard InChI is InChI=1S/C14H20N4O/c15-9-12-8-11(3-4-16-12)14(19)18-7-6-17-5-1-2-13(17)10-18/h3-4,8,13H,1-2,5-7,9-10,15H2. The Balaban J connectivity index is 1.72. The molecule has 0 saturated carbocycles. The van der Waals surface area contributed by atoms with Crippen molar-refractivity contribution in [1.29, 1.82) is 0 Å². The topological polar surface area (TPSA) is 62.5 Å². The van der Waals surface area contributed by atoms with Crippen molar-refractivity contribution >= 4 is 5.91 Å². The molecule has 0 aliphatic carbocycles. The normalized spacial score (nSPS) is 23.4. The third kappa shape index (κ3) is 2.48. The van der Waals surface area contributed by atoms with E-state index in [-0.39, 0.29) is 5.91 Å².